The highest BCUT2D eigenvalue weighted by Gasteiger charge is 2.19. The number of fused-ring (bicyclic) bond motifs is 3. The second-order valence-electron chi connectivity index (χ2n) is 5.70. The molecule has 0 bridgehead atoms. The van der Waals surface area contributed by atoms with Crippen molar-refractivity contribution in [1.29, 1.82) is 0 Å². The number of aryl methyl sites for hydroxylation is 2. The zero-order chi connectivity index (χ0) is 15.8. The molecule has 4 rings (SSSR count). The number of benzene rings is 1. The Labute approximate surface area is 131 Å². The molecule has 0 atom stereocenters. The van der Waals surface area contributed by atoms with Crippen molar-refractivity contribution in [2.45, 2.75) is 39.2 Å². The standard InChI is InChI=1S/C16H15N4O3/c1-9-13(22-8-14-17-19-20-18-14)7-6-11-10-4-2-3-5-12(10)16(21)23-15(9)11/h6-7H,2-5,8H2,1H3/q-1. The third-order valence-corrected chi connectivity index (χ3v) is 4.31. The predicted octanol–water partition coefficient (Wildman–Crippen LogP) is 1.70. The van der Waals surface area contributed by atoms with Crippen molar-refractivity contribution < 1.29 is 9.15 Å². The molecule has 1 aliphatic carbocycles. The van der Waals surface area contributed by atoms with Crippen LogP contribution in [0.1, 0.15) is 35.4 Å². The molecule has 7 heteroatoms. The Hall–Kier alpha value is -2.70. The summed E-state index contributed by atoms with van der Waals surface area (Å²) in [5.41, 5.74) is 3.15. The Balaban J connectivity index is 1.77. The van der Waals surface area contributed by atoms with Gasteiger partial charge in [-0.15, -0.1) is 0 Å². The SMILES string of the molecule is Cc1c(OCc2nnn[n-]2)ccc2c3c(c(=O)oc12)CCCC3. The van der Waals surface area contributed by atoms with Crippen molar-refractivity contribution >= 4 is 11.0 Å². The summed E-state index contributed by atoms with van der Waals surface area (Å²) in [6, 6.07) is 3.86. The minimum Gasteiger partial charge on any atom is -0.488 e. The third-order valence-electron chi connectivity index (χ3n) is 4.31. The lowest BCUT2D eigenvalue weighted by Crippen LogP contribution is -2.16. The average Bonchev–Trinajstić information content (AvgIpc) is 3.09. The van der Waals surface area contributed by atoms with E-state index in [0.29, 0.717) is 17.2 Å². The topological polar surface area (TPSA) is 92.2 Å². The summed E-state index contributed by atoms with van der Waals surface area (Å²) < 4.78 is 11.3. The largest absolute Gasteiger partial charge is 0.488 e. The molecule has 0 unspecified atom stereocenters. The van der Waals surface area contributed by atoms with E-state index >= 15 is 0 Å². The number of aromatic nitrogens is 4. The van der Waals surface area contributed by atoms with Crippen LogP contribution in [0.15, 0.2) is 21.3 Å². The number of tetrazole rings is 1. The number of hydrogen-bond donors (Lipinski definition) is 0. The molecule has 118 valence electrons. The molecule has 2 aromatic heterocycles. The molecule has 1 aromatic carbocycles. The highest BCUT2D eigenvalue weighted by Crippen LogP contribution is 2.32. The van der Waals surface area contributed by atoms with Crippen molar-refractivity contribution in [1.82, 2.24) is 20.6 Å². The van der Waals surface area contributed by atoms with Gasteiger partial charge in [-0.1, -0.05) is 0 Å². The predicted molar refractivity (Wildman–Crippen MR) is 81.3 cm³/mol. The van der Waals surface area contributed by atoms with Gasteiger partial charge in [-0.25, -0.2) is 4.79 Å². The van der Waals surface area contributed by atoms with Crippen LogP contribution in [0.5, 0.6) is 5.75 Å². The number of rotatable bonds is 3. The van der Waals surface area contributed by atoms with Crippen LogP contribution in [-0.2, 0) is 19.4 Å². The van der Waals surface area contributed by atoms with Crippen molar-refractivity contribution in [3.05, 3.63) is 45.1 Å². The quantitative estimate of drug-likeness (QED) is 0.680. The molecule has 23 heavy (non-hydrogen) atoms. The Bertz CT molecular complexity index is 915. The second-order valence-corrected chi connectivity index (χ2v) is 5.70. The molecule has 7 nitrogen and oxygen atoms in total. The average molecular weight is 311 g/mol. The Kier molecular flexibility index (Phi) is 3.33. The fourth-order valence-electron chi connectivity index (χ4n) is 3.14. The van der Waals surface area contributed by atoms with Crippen LogP contribution >= 0.6 is 0 Å². The van der Waals surface area contributed by atoms with Gasteiger partial charge in [-0.3, -0.25) is 10.3 Å². The number of ether oxygens (including phenoxy) is 1. The molecule has 0 amide bonds. The smallest absolute Gasteiger partial charge is 0.339 e. The summed E-state index contributed by atoms with van der Waals surface area (Å²) in [6.45, 7) is 2.06. The number of hydrogen-bond acceptors (Lipinski definition) is 6. The number of nitrogens with zero attached hydrogens (tertiary/aromatic N) is 4. The van der Waals surface area contributed by atoms with E-state index in [1.807, 2.05) is 19.1 Å². The van der Waals surface area contributed by atoms with Crippen LogP contribution in [0.2, 0.25) is 0 Å². The lowest BCUT2D eigenvalue weighted by Gasteiger charge is -2.18. The summed E-state index contributed by atoms with van der Waals surface area (Å²) in [7, 11) is 0. The van der Waals surface area contributed by atoms with Gasteiger partial charge in [-0.05, 0) is 50.3 Å². The van der Waals surface area contributed by atoms with Gasteiger partial charge >= 0.3 is 5.63 Å². The van der Waals surface area contributed by atoms with Crippen molar-refractivity contribution in [2.75, 3.05) is 0 Å². The minimum absolute atomic E-state index is 0.175. The van der Waals surface area contributed by atoms with Crippen LogP contribution in [0.3, 0.4) is 0 Å². The molecule has 0 spiro atoms. The van der Waals surface area contributed by atoms with Gasteiger partial charge in [-0.2, -0.15) is 5.21 Å². The molecular formula is C16H15N4O3-. The summed E-state index contributed by atoms with van der Waals surface area (Å²) in [5.74, 6) is 1.05. The molecule has 0 aliphatic heterocycles. The van der Waals surface area contributed by atoms with E-state index in [4.69, 9.17) is 9.15 Å². The molecule has 3 aromatic rings. The van der Waals surface area contributed by atoms with E-state index < -0.39 is 0 Å². The van der Waals surface area contributed by atoms with Crippen LogP contribution in [-0.4, -0.2) is 15.5 Å². The Morgan fingerprint density at radius 2 is 2.09 bits per heavy atom. The third kappa shape index (κ3) is 2.38. The van der Waals surface area contributed by atoms with Crippen LogP contribution < -0.4 is 15.5 Å². The van der Waals surface area contributed by atoms with E-state index in [0.717, 1.165) is 47.8 Å². The summed E-state index contributed by atoms with van der Waals surface area (Å²) in [6.07, 6.45) is 3.89. The van der Waals surface area contributed by atoms with Gasteiger partial charge in [0.15, 0.2) is 0 Å². The monoisotopic (exact) mass is 311 g/mol. The van der Waals surface area contributed by atoms with E-state index in [-0.39, 0.29) is 12.2 Å². The molecule has 2 heterocycles. The summed E-state index contributed by atoms with van der Waals surface area (Å²) in [4.78, 5) is 12.2. The molecule has 1 aliphatic rings. The second kappa shape index (κ2) is 5.49. The zero-order valence-corrected chi connectivity index (χ0v) is 12.7. The minimum atomic E-state index is -0.222. The van der Waals surface area contributed by atoms with E-state index in [2.05, 4.69) is 20.6 Å². The van der Waals surface area contributed by atoms with Gasteiger partial charge in [0.05, 0.1) is 0 Å². The first kappa shape index (κ1) is 13.9. The van der Waals surface area contributed by atoms with E-state index in [9.17, 15) is 4.79 Å². The highest BCUT2D eigenvalue weighted by molar-refractivity contribution is 5.86. The van der Waals surface area contributed by atoms with Crippen molar-refractivity contribution in [3.63, 3.8) is 0 Å². The molecule has 0 saturated carbocycles. The molecule has 0 radical (unpaired) electrons. The lowest BCUT2D eigenvalue weighted by molar-refractivity contribution is 0.293. The van der Waals surface area contributed by atoms with Gasteiger partial charge < -0.3 is 14.3 Å². The molecule has 0 saturated heterocycles. The summed E-state index contributed by atoms with van der Waals surface area (Å²) >= 11 is 0. The molecule has 0 N–H and O–H groups in total. The molecular weight excluding hydrogens is 296 g/mol. The summed E-state index contributed by atoms with van der Waals surface area (Å²) in [5, 5.41) is 15.3. The Morgan fingerprint density at radius 3 is 2.87 bits per heavy atom. The van der Waals surface area contributed by atoms with Gasteiger partial charge in [0, 0.05) is 22.3 Å². The first-order chi connectivity index (χ1) is 11.2. The van der Waals surface area contributed by atoms with Gasteiger partial charge in [0.2, 0.25) is 0 Å². The maximum absolute atomic E-state index is 12.2. The highest BCUT2D eigenvalue weighted by atomic mass is 16.5. The van der Waals surface area contributed by atoms with Crippen LogP contribution in [0.25, 0.3) is 11.0 Å². The maximum atomic E-state index is 12.2. The molecule has 0 fully saturated rings. The van der Waals surface area contributed by atoms with Crippen LogP contribution in [0, 0.1) is 6.92 Å². The maximum Gasteiger partial charge on any atom is 0.339 e. The fraction of sp³-hybridized carbons (Fsp3) is 0.375. The van der Waals surface area contributed by atoms with Crippen LogP contribution in [0.4, 0.5) is 0 Å². The van der Waals surface area contributed by atoms with Crippen molar-refractivity contribution in [3.8, 4) is 5.75 Å². The fourth-order valence-corrected chi connectivity index (χ4v) is 3.14. The normalized spacial score (nSPS) is 14.0. The Morgan fingerprint density at radius 1 is 1.26 bits per heavy atom. The first-order valence-electron chi connectivity index (χ1n) is 7.62. The van der Waals surface area contributed by atoms with Gasteiger partial charge in [0.25, 0.3) is 0 Å². The van der Waals surface area contributed by atoms with E-state index in [1.54, 1.807) is 0 Å². The first-order valence-corrected chi connectivity index (χ1v) is 7.62. The zero-order valence-electron chi connectivity index (χ0n) is 12.7. The van der Waals surface area contributed by atoms with Gasteiger partial charge in [0.1, 0.15) is 17.9 Å². The lowest BCUT2D eigenvalue weighted by atomic mass is 9.90. The van der Waals surface area contributed by atoms with E-state index in [1.165, 1.54) is 0 Å². The van der Waals surface area contributed by atoms with Crippen molar-refractivity contribution in [2.24, 2.45) is 0 Å².